The Balaban J connectivity index is 4.11. The fourth-order valence-corrected chi connectivity index (χ4v) is 0.825. The van der Waals surface area contributed by atoms with Gasteiger partial charge < -0.3 is 15.2 Å². The Morgan fingerprint density at radius 2 is 2.00 bits per heavy atom. The number of rotatable bonds is 3. The summed E-state index contributed by atoms with van der Waals surface area (Å²) in [4.78, 5) is 21.6. The molecule has 0 saturated heterocycles. The summed E-state index contributed by atoms with van der Waals surface area (Å²) in [6.07, 6.45) is -0.787. The highest BCUT2D eigenvalue weighted by atomic mass is 35.5. The van der Waals surface area contributed by atoms with Crippen LogP contribution in [0.1, 0.15) is 20.8 Å². The Bertz CT molecular complexity index is 224. The number of ether oxygens (including phenoxy) is 1. The minimum Gasteiger partial charge on any atom is -0.480 e. The van der Waals surface area contributed by atoms with Gasteiger partial charge in [-0.05, 0) is 20.8 Å². The standard InChI is InChI=1S/C8H14ClNO4/c1-8(2,3)14-7(13)10-5(4-9)6(11)12/h5H,4H2,1-3H3,(H,10,13)(H,11,12). The maximum absolute atomic E-state index is 11.1. The summed E-state index contributed by atoms with van der Waals surface area (Å²) in [5.41, 5.74) is -0.653. The Labute approximate surface area is 87.4 Å². The molecule has 0 bridgehead atoms. The summed E-state index contributed by atoms with van der Waals surface area (Å²) in [7, 11) is 0. The second kappa shape index (κ2) is 5.05. The number of alkyl carbamates (subject to hydrolysis) is 1. The first-order chi connectivity index (χ1) is 6.26. The number of halogens is 1. The molecular formula is C8H14ClNO4. The molecule has 0 spiro atoms. The normalized spacial score (nSPS) is 13.1. The van der Waals surface area contributed by atoms with E-state index in [1.807, 2.05) is 0 Å². The predicted octanol–water partition coefficient (Wildman–Crippen LogP) is 1.20. The van der Waals surface area contributed by atoms with E-state index in [2.05, 4.69) is 5.32 Å². The number of hydrogen-bond donors (Lipinski definition) is 2. The fraction of sp³-hybridized carbons (Fsp3) is 0.750. The molecule has 0 fully saturated rings. The summed E-state index contributed by atoms with van der Waals surface area (Å²) < 4.78 is 4.85. The molecule has 1 amide bonds. The summed E-state index contributed by atoms with van der Waals surface area (Å²) >= 11 is 5.33. The lowest BCUT2D eigenvalue weighted by Gasteiger charge is -2.21. The van der Waals surface area contributed by atoms with Crippen LogP contribution in [0, 0.1) is 0 Å². The van der Waals surface area contributed by atoms with Crippen molar-refractivity contribution in [1.82, 2.24) is 5.32 Å². The number of amides is 1. The zero-order chi connectivity index (χ0) is 11.4. The molecule has 0 rings (SSSR count). The Kier molecular flexibility index (Phi) is 4.70. The molecule has 0 aromatic rings. The van der Waals surface area contributed by atoms with Gasteiger partial charge in [-0.1, -0.05) is 0 Å². The number of hydrogen-bond acceptors (Lipinski definition) is 3. The summed E-state index contributed by atoms with van der Waals surface area (Å²) in [6, 6.07) is -1.12. The van der Waals surface area contributed by atoms with Crippen LogP contribution in [0.4, 0.5) is 4.79 Å². The quantitative estimate of drug-likeness (QED) is 0.705. The van der Waals surface area contributed by atoms with Gasteiger partial charge in [-0.2, -0.15) is 0 Å². The zero-order valence-electron chi connectivity index (χ0n) is 8.33. The fourth-order valence-electron chi connectivity index (χ4n) is 0.616. The smallest absolute Gasteiger partial charge is 0.408 e. The van der Waals surface area contributed by atoms with Crippen molar-refractivity contribution in [2.24, 2.45) is 0 Å². The minimum atomic E-state index is -1.19. The molecule has 0 radical (unpaired) electrons. The number of alkyl halides is 1. The highest BCUT2D eigenvalue weighted by molar-refractivity contribution is 6.19. The summed E-state index contributed by atoms with van der Waals surface area (Å²) in [6.45, 7) is 5.05. The van der Waals surface area contributed by atoms with E-state index in [0.717, 1.165) is 0 Å². The third-order valence-electron chi connectivity index (χ3n) is 1.14. The van der Waals surface area contributed by atoms with Crippen molar-refractivity contribution in [3.05, 3.63) is 0 Å². The zero-order valence-corrected chi connectivity index (χ0v) is 9.09. The van der Waals surface area contributed by atoms with Crippen molar-refractivity contribution in [2.45, 2.75) is 32.4 Å². The molecule has 0 aliphatic rings. The number of carboxylic acids is 1. The van der Waals surface area contributed by atoms with Gasteiger partial charge in [-0.25, -0.2) is 9.59 Å². The highest BCUT2D eigenvalue weighted by Crippen LogP contribution is 2.06. The molecule has 1 atom stereocenters. The van der Waals surface area contributed by atoms with Crippen molar-refractivity contribution in [1.29, 1.82) is 0 Å². The largest absolute Gasteiger partial charge is 0.480 e. The van der Waals surface area contributed by atoms with Crippen molar-refractivity contribution in [2.75, 3.05) is 5.88 Å². The van der Waals surface area contributed by atoms with Crippen molar-refractivity contribution in [3.8, 4) is 0 Å². The molecule has 0 heterocycles. The van der Waals surface area contributed by atoms with Crippen molar-refractivity contribution in [3.63, 3.8) is 0 Å². The molecule has 2 N–H and O–H groups in total. The first kappa shape index (κ1) is 13.0. The van der Waals surface area contributed by atoms with Crippen LogP contribution in [-0.2, 0) is 9.53 Å². The van der Waals surface area contributed by atoms with E-state index in [1.54, 1.807) is 20.8 Å². The number of carbonyl (C=O) groups excluding carboxylic acids is 1. The Morgan fingerprint density at radius 1 is 1.50 bits per heavy atom. The molecule has 0 aromatic carbocycles. The van der Waals surface area contributed by atoms with E-state index in [1.165, 1.54) is 0 Å². The second-order valence-corrected chi connectivity index (χ2v) is 4.00. The van der Waals surface area contributed by atoms with Gasteiger partial charge in [0, 0.05) is 0 Å². The molecule has 6 heteroatoms. The lowest BCUT2D eigenvalue weighted by molar-refractivity contribution is -0.138. The van der Waals surface area contributed by atoms with Crippen LogP contribution in [0.15, 0.2) is 0 Å². The molecule has 82 valence electrons. The van der Waals surface area contributed by atoms with Crippen LogP contribution >= 0.6 is 11.6 Å². The molecule has 0 aliphatic carbocycles. The van der Waals surface area contributed by atoms with Crippen molar-refractivity contribution >= 4 is 23.7 Å². The lowest BCUT2D eigenvalue weighted by atomic mass is 10.2. The van der Waals surface area contributed by atoms with Gasteiger partial charge in [-0.3, -0.25) is 0 Å². The number of aliphatic carboxylic acids is 1. The van der Waals surface area contributed by atoms with Crippen LogP contribution < -0.4 is 5.32 Å². The maximum Gasteiger partial charge on any atom is 0.408 e. The molecule has 0 saturated carbocycles. The molecule has 0 aromatic heterocycles. The summed E-state index contributed by atoms with van der Waals surface area (Å²) in [5.74, 6) is -1.39. The van der Waals surface area contributed by atoms with Gasteiger partial charge in [-0.15, -0.1) is 11.6 Å². The highest BCUT2D eigenvalue weighted by Gasteiger charge is 2.22. The third kappa shape index (κ3) is 5.64. The SMILES string of the molecule is CC(C)(C)OC(=O)NC(CCl)C(=O)O. The van der Waals surface area contributed by atoms with Gasteiger partial charge >= 0.3 is 12.1 Å². The van der Waals surface area contributed by atoms with E-state index in [9.17, 15) is 9.59 Å². The maximum atomic E-state index is 11.1. The van der Waals surface area contributed by atoms with Gasteiger partial charge in [0.1, 0.15) is 11.6 Å². The van der Waals surface area contributed by atoms with E-state index in [4.69, 9.17) is 21.4 Å². The van der Waals surface area contributed by atoms with Crippen LogP contribution in [0.5, 0.6) is 0 Å². The molecule has 0 aliphatic heterocycles. The topological polar surface area (TPSA) is 75.6 Å². The number of carbonyl (C=O) groups is 2. The third-order valence-corrected chi connectivity index (χ3v) is 1.45. The van der Waals surface area contributed by atoms with Crippen LogP contribution in [0.25, 0.3) is 0 Å². The number of carboxylic acid groups (broad SMARTS) is 1. The second-order valence-electron chi connectivity index (χ2n) is 3.69. The summed E-state index contributed by atoms with van der Waals surface area (Å²) in [5, 5.41) is 10.7. The van der Waals surface area contributed by atoms with E-state index >= 15 is 0 Å². The van der Waals surface area contributed by atoms with E-state index < -0.39 is 23.7 Å². The van der Waals surface area contributed by atoms with Gasteiger partial charge in [0.05, 0.1) is 5.88 Å². The van der Waals surface area contributed by atoms with E-state index in [-0.39, 0.29) is 5.88 Å². The monoisotopic (exact) mass is 223 g/mol. The first-order valence-corrected chi connectivity index (χ1v) is 4.58. The molecule has 1 unspecified atom stereocenters. The van der Waals surface area contributed by atoms with Crippen LogP contribution in [0.3, 0.4) is 0 Å². The van der Waals surface area contributed by atoms with E-state index in [0.29, 0.717) is 0 Å². The Morgan fingerprint density at radius 3 is 2.29 bits per heavy atom. The minimum absolute atomic E-state index is 0.200. The Hall–Kier alpha value is -0.970. The van der Waals surface area contributed by atoms with Crippen LogP contribution in [-0.4, -0.2) is 34.7 Å². The molecule has 14 heavy (non-hydrogen) atoms. The number of nitrogens with one attached hydrogen (secondary N) is 1. The molecular weight excluding hydrogens is 210 g/mol. The average molecular weight is 224 g/mol. The predicted molar refractivity (Wildman–Crippen MR) is 51.5 cm³/mol. The molecule has 5 nitrogen and oxygen atoms in total. The average Bonchev–Trinajstić information content (AvgIpc) is 1.96. The van der Waals surface area contributed by atoms with Gasteiger partial charge in [0.2, 0.25) is 0 Å². The first-order valence-electron chi connectivity index (χ1n) is 4.04. The van der Waals surface area contributed by atoms with Crippen molar-refractivity contribution < 1.29 is 19.4 Å². The van der Waals surface area contributed by atoms with Gasteiger partial charge in [0.15, 0.2) is 0 Å². The van der Waals surface area contributed by atoms with Gasteiger partial charge in [0.25, 0.3) is 0 Å². The van der Waals surface area contributed by atoms with Crippen LogP contribution in [0.2, 0.25) is 0 Å². The lowest BCUT2D eigenvalue weighted by Crippen LogP contribution is -2.44.